The third-order valence-electron chi connectivity index (χ3n) is 3.70. The molecule has 26 heavy (non-hydrogen) atoms. The first kappa shape index (κ1) is 17.7. The van der Waals surface area contributed by atoms with Crippen LogP contribution in [0, 0.1) is 6.92 Å². The van der Waals surface area contributed by atoms with Crippen molar-refractivity contribution in [2.75, 3.05) is 16.4 Å². The van der Waals surface area contributed by atoms with Crippen molar-refractivity contribution in [3.8, 4) is 0 Å². The van der Waals surface area contributed by atoms with Gasteiger partial charge in [0.1, 0.15) is 5.15 Å². The molecule has 1 amide bonds. The fourth-order valence-electron chi connectivity index (χ4n) is 2.37. The van der Waals surface area contributed by atoms with Crippen molar-refractivity contribution in [3.63, 3.8) is 0 Å². The molecule has 0 radical (unpaired) electrons. The molecule has 0 fully saturated rings. The number of aryl methyl sites for hydroxylation is 1. The molecule has 6 nitrogen and oxygen atoms in total. The number of hydrogen-bond donors (Lipinski definition) is 3. The molecule has 0 aliphatic carbocycles. The second kappa shape index (κ2) is 7.84. The number of nitrogens with zero attached hydrogens (tertiary/aromatic N) is 2. The highest BCUT2D eigenvalue weighted by Crippen LogP contribution is 2.18. The van der Waals surface area contributed by atoms with Crippen LogP contribution in [0.3, 0.4) is 0 Å². The van der Waals surface area contributed by atoms with Crippen LogP contribution in [0.1, 0.15) is 21.6 Å². The zero-order chi connectivity index (χ0) is 18.5. The number of carbonyl (C=O) groups excluding carboxylic acids is 1. The Bertz CT molecular complexity index is 907. The van der Waals surface area contributed by atoms with Crippen molar-refractivity contribution in [1.82, 2.24) is 9.97 Å². The van der Waals surface area contributed by atoms with Gasteiger partial charge in [0.05, 0.1) is 11.4 Å². The Morgan fingerprint density at radius 2 is 1.85 bits per heavy atom. The molecule has 3 aromatic rings. The molecule has 3 rings (SSSR count). The molecule has 2 aromatic carbocycles. The summed E-state index contributed by atoms with van der Waals surface area (Å²) in [6, 6.07) is 16.1. The third kappa shape index (κ3) is 4.49. The monoisotopic (exact) mass is 367 g/mol. The lowest BCUT2D eigenvalue weighted by Gasteiger charge is -2.09. The molecule has 0 saturated heterocycles. The quantitative estimate of drug-likeness (QED) is 0.470. The van der Waals surface area contributed by atoms with E-state index in [4.69, 9.17) is 17.3 Å². The average molecular weight is 368 g/mol. The Hall–Kier alpha value is -3.12. The smallest absolute Gasteiger partial charge is 0.255 e. The van der Waals surface area contributed by atoms with Gasteiger partial charge in [0, 0.05) is 17.8 Å². The standard InChI is InChI=1S/C19H18ClN5O/c1-12-10-17(20)25-19(23-12)22-11-13-6-8-14(9-7-13)18(26)24-16-5-3-2-4-15(16)21/h2-10H,11,21H2,1H3,(H,24,26)(H,22,23,25). The van der Waals surface area contributed by atoms with E-state index >= 15 is 0 Å². The van der Waals surface area contributed by atoms with E-state index in [0.29, 0.717) is 34.6 Å². The van der Waals surface area contributed by atoms with Crippen LogP contribution in [0.25, 0.3) is 0 Å². The van der Waals surface area contributed by atoms with Crippen LogP contribution in [-0.2, 0) is 6.54 Å². The van der Waals surface area contributed by atoms with Gasteiger partial charge >= 0.3 is 0 Å². The first-order chi connectivity index (χ1) is 12.5. The van der Waals surface area contributed by atoms with Gasteiger partial charge in [-0.3, -0.25) is 4.79 Å². The molecule has 0 spiro atoms. The second-order valence-electron chi connectivity index (χ2n) is 5.75. The summed E-state index contributed by atoms with van der Waals surface area (Å²) in [6.07, 6.45) is 0. The van der Waals surface area contributed by atoms with E-state index in [2.05, 4.69) is 20.6 Å². The lowest BCUT2D eigenvalue weighted by Crippen LogP contribution is -2.13. The Labute approximate surface area is 156 Å². The number of nitrogen functional groups attached to an aromatic ring is 1. The maximum atomic E-state index is 12.3. The molecule has 1 heterocycles. The molecular weight excluding hydrogens is 350 g/mol. The minimum Gasteiger partial charge on any atom is -0.397 e. The zero-order valence-electron chi connectivity index (χ0n) is 14.2. The Morgan fingerprint density at radius 1 is 1.12 bits per heavy atom. The molecule has 0 bridgehead atoms. The summed E-state index contributed by atoms with van der Waals surface area (Å²) in [6.45, 7) is 2.37. The predicted octanol–water partition coefficient (Wildman–Crippen LogP) is 3.89. The number of para-hydroxylation sites is 2. The third-order valence-corrected chi connectivity index (χ3v) is 3.89. The molecule has 132 valence electrons. The van der Waals surface area contributed by atoms with Gasteiger partial charge in [-0.1, -0.05) is 35.9 Å². The Morgan fingerprint density at radius 3 is 2.54 bits per heavy atom. The normalized spacial score (nSPS) is 10.4. The number of benzene rings is 2. The maximum absolute atomic E-state index is 12.3. The van der Waals surface area contributed by atoms with E-state index in [1.54, 1.807) is 30.3 Å². The first-order valence-electron chi connectivity index (χ1n) is 8.01. The number of hydrogen-bond acceptors (Lipinski definition) is 5. The lowest BCUT2D eigenvalue weighted by molar-refractivity contribution is 0.102. The number of carbonyl (C=O) groups is 1. The molecule has 0 saturated carbocycles. The fraction of sp³-hybridized carbons (Fsp3) is 0.105. The summed E-state index contributed by atoms with van der Waals surface area (Å²) in [7, 11) is 0. The van der Waals surface area contributed by atoms with Gasteiger partial charge in [0.15, 0.2) is 0 Å². The molecule has 0 aliphatic rings. The summed E-state index contributed by atoms with van der Waals surface area (Å²) in [5, 5.41) is 6.31. The van der Waals surface area contributed by atoms with Crippen molar-refractivity contribution in [2.45, 2.75) is 13.5 Å². The molecule has 1 aromatic heterocycles. The van der Waals surface area contributed by atoms with E-state index < -0.39 is 0 Å². The van der Waals surface area contributed by atoms with E-state index in [0.717, 1.165) is 11.3 Å². The van der Waals surface area contributed by atoms with E-state index in [9.17, 15) is 4.79 Å². The molecule has 0 aliphatic heterocycles. The molecule has 0 unspecified atom stereocenters. The van der Waals surface area contributed by atoms with Gasteiger partial charge < -0.3 is 16.4 Å². The van der Waals surface area contributed by atoms with Crippen molar-refractivity contribution in [1.29, 1.82) is 0 Å². The van der Waals surface area contributed by atoms with Crippen molar-refractivity contribution < 1.29 is 4.79 Å². The minimum atomic E-state index is -0.212. The Balaban J connectivity index is 1.62. The number of aromatic nitrogens is 2. The van der Waals surface area contributed by atoms with Crippen molar-refractivity contribution in [2.24, 2.45) is 0 Å². The van der Waals surface area contributed by atoms with Gasteiger partial charge in [-0.25, -0.2) is 9.97 Å². The van der Waals surface area contributed by atoms with Gasteiger partial charge in [0.25, 0.3) is 5.91 Å². The first-order valence-corrected chi connectivity index (χ1v) is 8.39. The number of rotatable bonds is 5. The number of nitrogens with one attached hydrogen (secondary N) is 2. The summed E-state index contributed by atoms with van der Waals surface area (Å²) in [5.74, 6) is 0.257. The highest BCUT2D eigenvalue weighted by Gasteiger charge is 2.08. The van der Waals surface area contributed by atoms with Crippen LogP contribution in [-0.4, -0.2) is 15.9 Å². The van der Waals surface area contributed by atoms with Crippen LogP contribution in [0.2, 0.25) is 5.15 Å². The number of anilines is 3. The summed E-state index contributed by atoms with van der Waals surface area (Å²) >= 11 is 5.92. The summed E-state index contributed by atoms with van der Waals surface area (Å²) < 4.78 is 0. The van der Waals surface area contributed by atoms with Crippen LogP contribution in [0.4, 0.5) is 17.3 Å². The second-order valence-corrected chi connectivity index (χ2v) is 6.13. The van der Waals surface area contributed by atoms with E-state index in [-0.39, 0.29) is 5.91 Å². The molecule has 7 heteroatoms. The topological polar surface area (TPSA) is 92.9 Å². The molecule has 0 atom stereocenters. The zero-order valence-corrected chi connectivity index (χ0v) is 14.9. The molecular formula is C19H18ClN5O. The maximum Gasteiger partial charge on any atom is 0.255 e. The largest absolute Gasteiger partial charge is 0.397 e. The van der Waals surface area contributed by atoms with Crippen LogP contribution >= 0.6 is 11.6 Å². The summed E-state index contributed by atoms with van der Waals surface area (Å²) in [5.41, 5.74) is 9.29. The van der Waals surface area contributed by atoms with Gasteiger partial charge in [-0.2, -0.15) is 0 Å². The van der Waals surface area contributed by atoms with Gasteiger partial charge in [-0.15, -0.1) is 0 Å². The number of halogens is 1. The highest BCUT2D eigenvalue weighted by molar-refractivity contribution is 6.29. The molecule has 4 N–H and O–H groups in total. The minimum absolute atomic E-state index is 0.212. The van der Waals surface area contributed by atoms with Crippen LogP contribution in [0.15, 0.2) is 54.6 Å². The van der Waals surface area contributed by atoms with Crippen molar-refractivity contribution in [3.05, 3.63) is 76.6 Å². The average Bonchev–Trinajstić information content (AvgIpc) is 2.61. The van der Waals surface area contributed by atoms with Crippen LogP contribution < -0.4 is 16.4 Å². The predicted molar refractivity (Wildman–Crippen MR) is 104 cm³/mol. The van der Waals surface area contributed by atoms with Gasteiger partial charge in [-0.05, 0) is 42.8 Å². The summed E-state index contributed by atoms with van der Waals surface area (Å²) in [4.78, 5) is 20.7. The fourth-order valence-corrected chi connectivity index (χ4v) is 2.61. The highest BCUT2D eigenvalue weighted by atomic mass is 35.5. The number of nitrogens with two attached hydrogens (primary N) is 1. The SMILES string of the molecule is Cc1cc(Cl)nc(NCc2ccc(C(=O)Nc3ccccc3N)cc2)n1. The van der Waals surface area contributed by atoms with E-state index in [1.165, 1.54) is 0 Å². The number of amides is 1. The van der Waals surface area contributed by atoms with Crippen molar-refractivity contribution >= 4 is 34.8 Å². The van der Waals surface area contributed by atoms with Crippen LogP contribution in [0.5, 0.6) is 0 Å². The lowest BCUT2D eigenvalue weighted by atomic mass is 10.1. The van der Waals surface area contributed by atoms with Gasteiger partial charge in [0.2, 0.25) is 5.95 Å². The Kier molecular flexibility index (Phi) is 5.34. The van der Waals surface area contributed by atoms with E-state index in [1.807, 2.05) is 31.2 Å².